The third kappa shape index (κ3) is 14.5. The maximum atomic E-state index is 12.7. The lowest BCUT2D eigenvalue weighted by atomic mass is 9.80. The maximum absolute atomic E-state index is 12.7. The van der Waals surface area contributed by atoms with E-state index in [1.807, 2.05) is 78.9 Å². The number of aliphatic hydroxyl groups excluding tert-OH is 1. The van der Waals surface area contributed by atoms with Gasteiger partial charge < -0.3 is 63.5 Å². The number of aliphatic carboxylic acids is 1. The minimum absolute atomic E-state index is 0.0483. The number of methoxy groups -OCH3 is 2. The fourth-order valence-corrected chi connectivity index (χ4v) is 6.85. The van der Waals surface area contributed by atoms with Crippen molar-refractivity contribution in [3.05, 3.63) is 95.6 Å². The number of benzene rings is 3. The first kappa shape index (κ1) is 49.0. The Kier molecular flexibility index (Phi) is 19.5. The average molecular weight is 869 g/mol. The zero-order valence-corrected chi connectivity index (χ0v) is 35.4. The van der Waals surface area contributed by atoms with E-state index in [0.717, 1.165) is 30.5 Å². The van der Waals surface area contributed by atoms with Gasteiger partial charge in [0.1, 0.15) is 42.0 Å². The van der Waals surface area contributed by atoms with Crippen molar-refractivity contribution in [1.29, 1.82) is 0 Å². The van der Waals surface area contributed by atoms with Gasteiger partial charge in [-0.15, -0.1) is 0 Å². The number of carboxylic acid groups (broad SMARTS) is 1. The van der Waals surface area contributed by atoms with E-state index in [2.05, 4.69) is 10.6 Å². The summed E-state index contributed by atoms with van der Waals surface area (Å²) in [4.78, 5) is 60.2. The second-order valence-electron chi connectivity index (χ2n) is 14.2. The monoisotopic (exact) mass is 868 g/mol. The van der Waals surface area contributed by atoms with E-state index >= 15 is 0 Å². The van der Waals surface area contributed by atoms with Gasteiger partial charge in [-0.25, -0.2) is 0 Å². The minimum atomic E-state index is -1.39. The zero-order valence-electron chi connectivity index (χ0n) is 35.4. The normalized spacial score (nSPS) is 19.1. The molecule has 4 rings (SSSR count). The molecule has 0 aromatic heterocycles. The summed E-state index contributed by atoms with van der Waals surface area (Å²) < 4.78 is 51.1. The van der Waals surface area contributed by atoms with Gasteiger partial charge in [-0.05, 0) is 47.4 Å². The van der Waals surface area contributed by atoms with Crippen LogP contribution in [0.2, 0.25) is 0 Å². The van der Waals surface area contributed by atoms with Crippen LogP contribution < -0.4 is 20.1 Å². The van der Waals surface area contributed by atoms with Crippen LogP contribution in [0.5, 0.6) is 11.5 Å². The number of rotatable bonds is 25. The standard InChI is InChI=1S/C44H56N2O16/c1-28(47)46-40-42(61-30(3)49)41(60-29(2)48)37(19-20-39(52)53)62-43(40)58-27-38(51)45-21-22-56-23-24-57-25-34(50)26-59-44(31-9-7-6-8-10-31,32-11-15-35(54-4)16-12-32)33-13-17-36(55-5)18-14-33/h6-18,34,37,40-43,50H,19-27H2,1-5H3,(H,45,51)(H,46,47)(H,52,53)/t34-,37+,40+,41+,42+,43+/m0/s1. The molecule has 1 fully saturated rings. The van der Waals surface area contributed by atoms with Gasteiger partial charge >= 0.3 is 17.9 Å². The Bertz CT molecular complexity index is 1830. The van der Waals surface area contributed by atoms with Crippen molar-refractivity contribution >= 4 is 29.7 Å². The van der Waals surface area contributed by atoms with E-state index in [0.29, 0.717) is 11.5 Å². The molecule has 0 bridgehead atoms. The van der Waals surface area contributed by atoms with Gasteiger partial charge in [0.15, 0.2) is 18.5 Å². The van der Waals surface area contributed by atoms with E-state index < -0.39 is 78.7 Å². The number of amides is 2. The summed E-state index contributed by atoms with van der Waals surface area (Å²) in [7, 11) is 3.19. The van der Waals surface area contributed by atoms with Crippen molar-refractivity contribution in [3.63, 3.8) is 0 Å². The Balaban J connectivity index is 1.26. The first-order valence-corrected chi connectivity index (χ1v) is 20.0. The Labute approximate surface area is 360 Å². The Hall–Kier alpha value is -5.63. The highest BCUT2D eigenvalue weighted by molar-refractivity contribution is 5.77. The van der Waals surface area contributed by atoms with Crippen LogP contribution in [-0.4, -0.2) is 137 Å². The largest absolute Gasteiger partial charge is 0.497 e. The summed E-state index contributed by atoms with van der Waals surface area (Å²) in [6.07, 6.45) is -6.69. The Morgan fingerprint density at radius 3 is 1.85 bits per heavy atom. The highest BCUT2D eigenvalue weighted by Gasteiger charge is 2.51. The lowest BCUT2D eigenvalue weighted by Crippen LogP contribution is -2.66. The van der Waals surface area contributed by atoms with Crippen LogP contribution in [0.15, 0.2) is 78.9 Å². The van der Waals surface area contributed by atoms with Crippen molar-refractivity contribution in [1.82, 2.24) is 10.6 Å². The number of carbonyl (C=O) groups is 5. The summed E-state index contributed by atoms with van der Waals surface area (Å²) in [6.45, 7) is 3.20. The predicted molar refractivity (Wildman–Crippen MR) is 219 cm³/mol. The number of carbonyl (C=O) groups excluding carboxylic acids is 4. The molecule has 2 amide bonds. The van der Waals surface area contributed by atoms with Crippen molar-refractivity contribution in [2.45, 2.75) is 76.0 Å². The summed E-state index contributed by atoms with van der Waals surface area (Å²) >= 11 is 0. The molecule has 4 N–H and O–H groups in total. The molecule has 62 heavy (non-hydrogen) atoms. The molecule has 3 aromatic carbocycles. The molecule has 18 nitrogen and oxygen atoms in total. The quantitative estimate of drug-likeness (QED) is 0.0544. The minimum Gasteiger partial charge on any atom is -0.497 e. The third-order valence-electron chi connectivity index (χ3n) is 9.56. The molecule has 0 radical (unpaired) electrons. The van der Waals surface area contributed by atoms with Crippen LogP contribution in [0.25, 0.3) is 0 Å². The van der Waals surface area contributed by atoms with E-state index in [1.165, 1.54) is 6.92 Å². The molecule has 18 heteroatoms. The summed E-state index contributed by atoms with van der Waals surface area (Å²) in [5.41, 5.74) is 1.36. The molecule has 0 saturated carbocycles. The average Bonchev–Trinajstić information content (AvgIpc) is 3.25. The molecule has 0 unspecified atom stereocenters. The molecular formula is C44H56N2O16. The molecule has 338 valence electrons. The Morgan fingerprint density at radius 1 is 0.742 bits per heavy atom. The maximum Gasteiger partial charge on any atom is 0.303 e. The molecule has 0 aliphatic carbocycles. The molecule has 6 atom stereocenters. The van der Waals surface area contributed by atoms with Gasteiger partial charge in [0, 0.05) is 33.7 Å². The second kappa shape index (κ2) is 24.7. The number of ether oxygens (including phenoxy) is 9. The van der Waals surface area contributed by atoms with E-state index in [1.54, 1.807) is 14.2 Å². The molecule has 1 heterocycles. The first-order valence-electron chi connectivity index (χ1n) is 20.0. The predicted octanol–water partition coefficient (Wildman–Crippen LogP) is 2.50. The molecule has 1 saturated heterocycles. The summed E-state index contributed by atoms with van der Waals surface area (Å²) in [5.74, 6) is -2.48. The molecule has 3 aromatic rings. The summed E-state index contributed by atoms with van der Waals surface area (Å²) in [5, 5.41) is 25.4. The third-order valence-corrected chi connectivity index (χ3v) is 9.56. The smallest absolute Gasteiger partial charge is 0.303 e. The van der Waals surface area contributed by atoms with Crippen LogP contribution in [0.3, 0.4) is 0 Å². The van der Waals surface area contributed by atoms with Gasteiger partial charge in [-0.2, -0.15) is 0 Å². The van der Waals surface area contributed by atoms with E-state index in [9.17, 15) is 34.2 Å². The lowest BCUT2D eigenvalue weighted by Gasteiger charge is -2.45. The van der Waals surface area contributed by atoms with Crippen molar-refractivity contribution in [2.24, 2.45) is 0 Å². The van der Waals surface area contributed by atoms with Crippen LogP contribution in [-0.2, 0) is 62.7 Å². The van der Waals surface area contributed by atoms with Gasteiger partial charge in [0.2, 0.25) is 11.8 Å². The number of hydrogen-bond acceptors (Lipinski definition) is 15. The van der Waals surface area contributed by atoms with Crippen LogP contribution in [0.1, 0.15) is 50.3 Å². The fourth-order valence-electron chi connectivity index (χ4n) is 6.85. The van der Waals surface area contributed by atoms with Crippen LogP contribution in [0, 0.1) is 0 Å². The van der Waals surface area contributed by atoms with Gasteiger partial charge in [0.25, 0.3) is 0 Å². The molecule has 1 aliphatic rings. The highest BCUT2D eigenvalue weighted by Crippen LogP contribution is 2.42. The topological polar surface area (TPSA) is 233 Å². The van der Waals surface area contributed by atoms with Gasteiger partial charge in [0.05, 0.1) is 47.3 Å². The lowest BCUT2D eigenvalue weighted by molar-refractivity contribution is -0.271. The SMILES string of the molecule is COc1ccc(C(OC[C@@H](O)COCCOCCNC(=O)CO[C@@H]2O[C@H](CCC(=O)O)[C@@H](OC(C)=O)[C@H](OC(C)=O)[C@H]2NC(C)=O)(c2ccccc2)c2ccc(OC)cc2)cc1. The van der Waals surface area contributed by atoms with Gasteiger partial charge in [-0.3, -0.25) is 24.0 Å². The number of hydrogen-bond donors (Lipinski definition) is 4. The molecule has 0 spiro atoms. The highest BCUT2D eigenvalue weighted by atomic mass is 16.7. The van der Waals surface area contributed by atoms with Crippen molar-refractivity contribution in [2.75, 3.05) is 60.4 Å². The fraction of sp³-hybridized carbons (Fsp3) is 0.477. The zero-order chi connectivity index (χ0) is 45.1. The second-order valence-corrected chi connectivity index (χ2v) is 14.2. The number of carboxylic acids is 1. The van der Waals surface area contributed by atoms with E-state index in [4.69, 9.17) is 42.6 Å². The number of aliphatic hydroxyl groups is 1. The van der Waals surface area contributed by atoms with Crippen molar-refractivity contribution < 1.29 is 76.8 Å². The molecule has 1 aliphatic heterocycles. The van der Waals surface area contributed by atoms with Crippen LogP contribution in [0.4, 0.5) is 0 Å². The van der Waals surface area contributed by atoms with Crippen LogP contribution >= 0.6 is 0 Å². The molecular weight excluding hydrogens is 812 g/mol. The van der Waals surface area contributed by atoms with Crippen molar-refractivity contribution in [3.8, 4) is 11.5 Å². The number of esters is 2. The summed E-state index contributed by atoms with van der Waals surface area (Å²) in [6, 6.07) is 23.6. The van der Waals surface area contributed by atoms with Gasteiger partial charge in [-0.1, -0.05) is 54.6 Å². The van der Waals surface area contributed by atoms with E-state index in [-0.39, 0.29) is 52.4 Å². The first-order chi connectivity index (χ1) is 29.8. The number of nitrogens with one attached hydrogen (secondary N) is 2. The Morgan fingerprint density at radius 2 is 1.31 bits per heavy atom.